The van der Waals surface area contributed by atoms with Crippen molar-refractivity contribution in [3.05, 3.63) is 41.9 Å². The first-order valence-corrected chi connectivity index (χ1v) is 11.4. The van der Waals surface area contributed by atoms with Crippen LogP contribution in [0.2, 0.25) is 0 Å². The number of para-hydroxylation sites is 2. The Balaban J connectivity index is 1.28. The molecule has 1 N–H and O–H groups in total. The van der Waals surface area contributed by atoms with E-state index in [0.717, 1.165) is 23.5 Å². The van der Waals surface area contributed by atoms with Gasteiger partial charge in [0.05, 0.1) is 11.4 Å². The molecule has 3 aromatic rings. The van der Waals surface area contributed by atoms with Crippen LogP contribution in [-0.2, 0) is 40.9 Å². The van der Waals surface area contributed by atoms with Gasteiger partial charge in [-0.2, -0.15) is 5.10 Å². The van der Waals surface area contributed by atoms with E-state index < -0.39 is 0 Å². The molecule has 0 bridgehead atoms. The molecule has 3 amide bonds. The molecule has 176 valence electrons. The summed E-state index contributed by atoms with van der Waals surface area (Å²) in [6.07, 6.45) is 2.47. The van der Waals surface area contributed by atoms with Crippen LogP contribution >= 0.6 is 0 Å². The molecule has 11 heteroatoms. The van der Waals surface area contributed by atoms with Crippen molar-refractivity contribution in [2.75, 3.05) is 23.3 Å². The number of carbonyl (C=O) groups is 3. The number of amides is 3. The van der Waals surface area contributed by atoms with Gasteiger partial charge in [0.1, 0.15) is 18.6 Å². The van der Waals surface area contributed by atoms with Crippen LogP contribution < -0.4 is 10.2 Å². The summed E-state index contributed by atoms with van der Waals surface area (Å²) in [5.41, 5.74) is 4.05. The van der Waals surface area contributed by atoms with Crippen molar-refractivity contribution >= 4 is 29.1 Å². The highest BCUT2D eigenvalue weighted by Crippen LogP contribution is 2.31. The van der Waals surface area contributed by atoms with Gasteiger partial charge in [0, 0.05) is 57.2 Å². The van der Waals surface area contributed by atoms with Gasteiger partial charge in [-0.3, -0.25) is 19.1 Å². The van der Waals surface area contributed by atoms with Gasteiger partial charge in [-0.25, -0.2) is 0 Å². The first-order chi connectivity index (χ1) is 16.5. The Morgan fingerprint density at radius 2 is 1.91 bits per heavy atom. The maximum atomic E-state index is 13.0. The number of nitrogens with zero attached hydrogens (tertiary/aromatic N) is 7. The quantitative estimate of drug-likeness (QED) is 0.612. The van der Waals surface area contributed by atoms with Gasteiger partial charge in [-0.05, 0) is 19.1 Å². The van der Waals surface area contributed by atoms with Crippen molar-refractivity contribution < 1.29 is 14.4 Å². The van der Waals surface area contributed by atoms with Crippen LogP contribution in [0.25, 0.3) is 11.5 Å². The molecule has 0 fully saturated rings. The molecule has 1 aromatic carbocycles. The maximum absolute atomic E-state index is 13.0. The molecule has 0 unspecified atom stereocenters. The summed E-state index contributed by atoms with van der Waals surface area (Å²) >= 11 is 0. The second-order valence-corrected chi connectivity index (χ2v) is 8.45. The van der Waals surface area contributed by atoms with Crippen molar-refractivity contribution in [1.29, 1.82) is 0 Å². The third-order valence-electron chi connectivity index (χ3n) is 6.39. The van der Waals surface area contributed by atoms with E-state index in [0.29, 0.717) is 36.7 Å². The summed E-state index contributed by atoms with van der Waals surface area (Å²) in [7, 11) is 1.90. The van der Waals surface area contributed by atoms with Gasteiger partial charge in [0.25, 0.3) is 0 Å². The van der Waals surface area contributed by atoms with Crippen LogP contribution in [0.1, 0.15) is 31.0 Å². The molecule has 0 saturated carbocycles. The zero-order valence-electron chi connectivity index (χ0n) is 19.2. The van der Waals surface area contributed by atoms with E-state index >= 15 is 0 Å². The van der Waals surface area contributed by atoms with Crippen LogP contribution in [0.15, 0.2) is 30.6 Å². The summed E-state index contributed by atoms with van der Waals surface area (Å²) in [6, 6.07) is 7.17. The van der Waals surface area contributed by atoms with Crippen LogP contribution in [0.4, 0.5) is 11.4 Å². The Morgan fingerprint density at radius 1 is 1.12 bits per heavy atom. The number of hydrogen-bond acceptors (Lipinski definition) is 6. The highest BCUT2D eigenvalue weighted by Gasteiger charge is 2.30. The first-order valence-electron chi connectivity index (χ1n) is 11.4. The fourth-order valence-electron chi connectivity index (χ4n) is 4.62. The Morgan fingerprint density at radius 3 is 2.74 bits per heavy atom. The molecular weight excluding hydrogens is 436 g/mol. The van der Waals surface area contributed by atoms with Gasteiger partial charge >= 0.3 is 0 Å². The van der Waals surface area contributed by atoms with Crippen molar-refractivity contribution in [3.8, 4) is 11.5 Å². The molecule has 4 heterocycles. The molecule has 11 nitrogen and oxygen atoms in total. The second kappa shape index (κ2) is 8.73. The molecule has 0 saturated heterocycles. The number of nitrogens with one attached hydrogen (secondary N) is 1. The average molecular weight is 463 g/mol. The topological polar surface area (TPSA) is 118 Å². The highest BCUT2D eigenvalue weighted by atomic mass is 16.2. The average Bonchev–Trinajstić information content (AvgIpc) is 3.45. The van der Waals surface area contributed by atoms with Gasteiger partial charge in [0.15, 0.2) is 5.82 Å². The number of anilines is 2. The summed E-state index contributed by atoms with van der Waals surface area (Å²) < 4.78 is 3.78. The minimum atomic E-state index is -0.244. The highest BCUT2D eigenvalue weighted by molar-refractivity contribution is 6.10. The maximum Gasteiger partial charge on any atom is 0.244 e. The molecule has 34 heavy (non-hydrogen) atoms. The largest absolute Gasteiger partial charge is 0.338 e. The molecule has 5 rings (SSSR count). The minimum absolute atomic E-state index is 0.0356. The van der Waals surface area contributed by atoms with Crippen LogP contribution in [0.3, 0.4) is 0 Å². The molecule has 2 aromatic heterocycles. The number of carbonyl (C=O) groups excluding carboxylic acids is 3. The van der Waals surface area contributed by atoms with Crippen molar-refractivity contribution in [2.45, 2.75) is 39.3 Å². The molecule has 0 radical (unpaired) electrons. The Kier molecular flexibility index (Phi) is 5.60. The first kappa shape index (κ1) is 21.8. The van der Waals surface area contributed by atoms with Crippen molar-refractivity contribution in [3.63, 3.8) is 0 Å². The monoisotopic (exact) mass is 462 g/mol. The SMILES string of the molecule is CCn1cnnc1-c1nn(C)c2c1CN(C(=O)CCC(=O)N1CC(=O)Nc3ccccc31)CC2. The molecule has 2 aliphatic heterocycles. The van der Waals surface area contributed by atoms with Gasteiger partial charge < -0.3 is 19.7 Å². The fourth-order valence-corrected chi connectivity index (χ4v) is 4.62. The lowest BCUT2D eigenvalue weighted by Crippen LogP contribution is -2.43. The van der Waals surface area contributed by atoms with Gasteiger partial charge in [0.2, 0.25) is 17.7 Å². The van der Waals surface area contributed by atoms with Crippen molar-refractivity contribution in [1.82, 2.24) is 29.4 Å². The van der Waals surface area contributed by atoms with E-state index in [1.165, 1.54) is 4.90 Å². The number of benzene rings is 1. The Bertz CT molecular complexity index is 1280. The molecule has 0 atom stereocenters. The predicted octanol–water partition coefficient (Wildman–Crippen LogP) is 1.35. The zero-order chi connectivity index (χ0) is 23.8. The summed E-state index contributed by atoms with van der Waals surface area (Å²) in [4.78, 5) is 41.2. The van der Waals surface area contributed by atoms with Crippen LogP contribution in [-0.4, -0.2) is 60.3 Å². The zero-order valence-corrected chi connectivity index (χ0v) is 19.2. The lowest BCUT2D eigenvalue weighted by atomic mass is 10.0. The summed E-state index contributed by atoms with van der Waals surface area (Å²) in [5.74, 6) is 0.101. The van der Waals surface area contributed by atoms with E-state index in [-0.39, 0.29) is 37.1 Å². The van der Waals surface area contributed by atoms with Crippen molar-refractivity contribution in [2.24, 2.45) is 7.05 Å². The summed E-state index contributed by atoms with van der Waals surface area (Å²) in [5, 5.41) is 15.7. The number of aromatic nitrogens is 5. The second-order valence-electron chi connectivity index (χ2n) is 8.45. The molecule has 2 aliphatic rings. The van der Waals surface area contributed by atoms with E-state index in [9.17, 15) is 14.4 Å². The predicted molar refractivity (Wildman–Crippen MR) is 124 cm³/mol. The van der Waals surface area contributed by atoms with E-state index in [1.807, 2.05) is 29.3 Å². The number of aryl methyl sites for hydroxylation is 2. The summed E-state index contributed by atoms with van der Waals surface area (Å²) in [6.45, 7) is 3.66. The minimum Gasteiger partial charge on any atom is -0.338 e. The lowest BCUT2D eigenvalue weighted by Gasteiger charge is -2.30. The smallest absolute Gasteiger partial charge is 0.244 e. The van der Waals surface area contributed by atoms with Crippen LogP contribution in [0.5, 0.6) is 0 Å². The number of hydrogen-bond donors (Lipinski definition) is 1. The lowest BCUT2D eigenvalue weighted by molar-refractivity contribution is -0.134. The molecular formula is C23H26N8O3. The normalized spacial score (nSPS) is 15.1. The van der Waals surface area contributed by atoms with Crippen LogP contribution in [0, 0.1) is 0 Å². The third-order valence-corrected chi connectivity index (χ3v) is 6.39. The van der Waals surface area contributed by atoms with Gasteiger partial charge in [-0.1, -0.05) is 12.1 Å². The standard InChI is InChI=1S/C23H26N8O3/c1-3-29-14-24-26-23(29)22-15-12-30(11-10-17(15)28(2)27-22)20(33)8-9-21(34)31-13-19(32)25-16-6-4-5-7-18(16)31/h4-7,14H,3,8-13H2,1-2H3,(H,25,32). The van der Waals surface area contributed by atoms with E-state index in [4.69, 9.17) is 0 Å². The van der Waals surface area contributed by atoms with E-state index in [2.05, 4.69) is 20.6 Å². The molecule has 0 aliphatic carbocycles. The number of rotatable bonds is 5. The molecule has 0 spiro atoms. The van der Waals surface area contributed by atoms with Gasteiger partial charge in [-0.15, -0.1) is 10.2 Å². The Labute approximate surface area is 196 Å². The number of fused-ring (bicyclic) bond motifs is 2. The third kappa shape index (κ3) is 3.82. The Hall–Kier alpha value is -4.02. The van der Waals surface area contributed by atoms with E-state index in [1.54, 1.807) is 29.4 Å². The fraction of sp³-hybridized carbons (Fsp3) is 0.391.